The summed E-state index contributed by atoms with van der Waals surface area (Å²) in [7, 11) is 1.36. The third-order valence-corrected chi connectivity index (χ3v) is 13.4. The Kier molecular flexibility index (Phi) is 21.1. The molecule has 2 amide bonds. The number of methoxy groups -OCH3 is 1. The van der Waals surface area contributed by atoms with Gasteiger partial charge in [0.15, 0.2) is 0 Å². The van der Waals surface area contributed by atoms with Crippen LogP contribution in [-0.2, 0) is 36.8 Å². The predicted molar refractivity (Wildman–Crippen MR) is 278 cm³/mol. The summed E-state index contributed by atoms with van der Waals surface area (Å²) in [6.45, 7) is 0.608. The van der Waals surface area contributed by atoms with Gasteiger partial charge in [0.05, 0.1) is 54.8 Å². The Morgan fingerprint density at radius 2 is 0.840 bits per heavy atom. The van der Waals surface area contributed by atoms with E-state index < -0.39 is 35.9 Å². The Balaban J connectivity index is 0.000000263. The van der Waals surface area contributed by atoms with Gasteiger partial charge in [0.25, 0.3) is 0 Å². The second kappa shape index (κ2) is 27.3. The summed E-state index contributed by atoms with van der Waals surface area (Å²) in [5.41, 5.74) is 7.52. The summed E-state index contributed by atoms with van der Waals surface area (Å²) >= 11 is 0. The minimum Gasteiger partial charge on any atom is -0.870 e. The second-order valence-electron chi connectivity index (χ2n) is 17.8. The summed E-state index contributed by atoms with van der Waals surface area (Å²) in [5.74, 6) is -2.90. The molecular weight excluding hydrogens is 944 g/mol. The number of hydrogen-bond acceptors (Lipinski definition) is 10. The van der Waals surface area contributed by atoms with Gasteiger partial charge in [-0.25, -0.2) is 19.0 Å². The van der Waals surface area contributed by atoms with Crippen LogP contribution < -0.4 is 18.9 Å². The van der Waals surface area contributed by atoms with E-state index in [4.69, 9.17) is 4.74 Å². The smallest absolute Gasteiger partial charge is 0.870 e. The third kappa shape index (κ3) is 13.4. The standard InChI is InChI=1S/C29H28N4O3.C28H26N4O3.CH4.Li.2H2O/c1-36-29(35)26-18-25(33-24(19-30-31-33)17-21-11-5-2-6-12-21)20-32(26)28(34)27(22-13-7-3-8-14-22)23-15-9-4-10-16-23;33-27(26(21-12-6-2-7-13-21)22-14-8-3-9-15-22)31-19-24(17-25(31)28(34)35)32-23(18-29-30-32)16-20-10-4-1-5-11-20;;;;/h2-16,19,25-27H,17-18,20H2,1H3;1-15,18,24-26H,16-17,19H2,(H,34,35);1H4;;2*1H2/q;;;+1;;/p-1/t25-,26-;24-,25-;;;;/m00..../s1. The fourth-order valence-corrected chi connectivity index (χ4v) is 9.94. The van der Waals surface area contributed by atoms with E-state index in [0.717, 1.165) is 44.8 Å². The second-order valence-corrected chi connectivity index (χ2v) is 17.8. The number of carbonyl (C=O) groups is 4. The maximum absolute atomic E-state index is 14.1. The van der Waals surface area contributed by atoms with E-state index in [0.29, 0.717) is 25.8 Å². The third-order valence-electron chi connectivity index (χ3n) is 13.4. The number of rotatable bonds is 14. The maximum atomic E-state index is 14.1. The van der Waals surface area contributed by atoms with E-state index >= 15 is 0 Å². The zero-order valence-electron chi connectivity index (χ0n) is 41.2. The largest absolute Gasteiger partial charge is 1.00 e. The number of aromatic nitrogens is 6. The van der Waals surface area contributed by atoms with Crippen molar-refractivity contribution in [1.29, 1.82) is 0 Å². The van der Waals surface area contributed by atoms with Gasteiger partial charge < -0.3 is 30.6 Å². The number of carbonyl (C=O) groups excluding carboxylic acids is 3. The summed E-state index contributed by atoms with van der Waals surface area (Å²) in [6, 6.07) is 56.4. The molecule has 2 aliphatic heterocycles. The van der Waals surface area contributed by atoms with E-state index in [1.807, 2.05) is 175 Å². The number of nitrogens with zero attached hydrogens (tertiary/aromatic N) is 8. The molecule has 0 radical (unpaired) electrons. The zero-order valence-corrected chi connectivity index (χ0v) is 41.2. The van der Waals surface area contributed by atoms with E-state index in [-0.39, 0.29) is 74.1 Å². The Hall–Kier alpha value is -8.00. The molecule has 75 heavy (non-hydrogen) atoms. The first-order valence-corrected chi connectivity index (χ1v) is 23.7. The van der Waals surface area contributed by atoms with Crippen LogP contribution in [0.5, 0.6) is 0 Å². The van der Waals surface area contributed by atoms with Crippen molar-refractivity contribution in [3.63, 3.8) is 0 Å². The molecule has 0 spiro atoms. The van der Waals surface area contributed by atoms with E-state index in [1.165, 1.54) is 12.0 Å². The number of aliphatic carboxylic acids is 1. The van der Waals surface area contributed by atoms with E-state index in [9.17, 15) is 24.3 Å². The van der Waals surface area contributed by atoms with Crippen molar-refractivity contribution in [1.82, 2.24) is 39.8 Å². The molecule has 10 rings (SSSR count). The summed E-state index contributed by atoms with van der Waals surface area (Å²) in [6.07, 6.45) is 5.46. The molecule has 8 aromatic rings. The van der Waals surface area contributed by atoms with Gasteiger partial charge in [-0.05, 0) is 33.4 Å². The van der Waals surface area contributed by atoms with Crippen molar-refractivity contribution < 1.29 is 58.8 Å². The van der Waals surface area contributed by atoms with Crippen LogP contribution in [0.3, 0.4) is 0 Å². The molecule has 0 saturated carbocycles. The first-order chi connectivity index (χ1) is 34.8. The summed E-state index contributed by atoms with van der Waals surface area (Å²) in [4.78, 5) is 56.4. The minimum atomic E-state index is -1.01. The van der Waals surface area contributed by atoms with Gasteiger partial charge in [-0.3, -0.25) is 9.59 Å². The number of carboxylic acid groups (broad SMARTS) is 1. The van der Waals surface area contributed by atoms with Gasteiger partial charge in [-0.2, -0.15) is 0 Å². The molecule has 2 saturated heterocycles. The summed E-state index contributed by atoms with van der Waals surface area (Å²) in [5, 5.41) is 26.9. The van der Waals surface area contributed by atoms with Crippen LogP contribution in [0.4, 0.5) is 0 Å². The van der Waals surface area contributed by atoms with Gasteiger partial charge in [0.1, 0.15) is 12.1 Å². The van der Waals surface area contributed by atoms with E-state index in [2.05, 4.69) is 32.8 Å². The Labute approximate surface area is 448 Å². The fraction of sp³-hybridized carbons (Fsp3) is 0.241. The van der Waals surface area contributed by atoms with Crippen molar-refractivity contribution in [2.45, 2.75) is 69.1 Å². The molecule has 2 aromatic heterocycles. The number of benzene rings is 6. The van der Waals surface area contributed by atoms with E-state index in [1.54, 1.807) is 22.0 Å². The Morgan fingerprint density at radius 1 is 0.533 bits per heavy atom. The number of ether oxygens (including phenoxy) is 1. The van der Waals surface area contributed by atoms with Gasteiger partial charge in [0.2, 0.25) is 11.8 Å². The number of esters is 1. The monoisotopic (exact) mass is 1000 g/mol. The van der Waals surface area contributed by atoms with Crippen molar-refractivity contribution >= 4 is 23.8 Å². The molecule has 0 bridgehead atoms. The Morgan fingerprint density at radius 3 is 1.16 bits per heavy atom. The first-order valence-electron chi connectivity index (χ1n) is 23.7. The van der Waals surface area contributed by atoms with Crippen LogP contribution in [0, 0.1) is 0 Å². The van der Waals surface area contributed by atoms with Gasteiger partial charge in [-0.1, -0.05) is 200 Å². The number of hydrogen-bond donors (Lipinski definition) is 1. The molecule has 17 heteroatoms. The average Bonchev–Trinajstić information content (AvgIpc) is 4.26. The fourth-order valence-electron chi connectivity index (χ4n) is 9.94. The van der Waals surface area contributed by atoms with Gasteiger partial charge in [-0.15, -0.1) is 10.2 Å². The SMILES string of the molecule is C.COC(=O)[C@@H]1C[C@H](n2nncc2Cc2ccccc2)CN1C(=O)C(c1ccccc1)c1ccccc1.O.O=C(O)[C@@H]1C[C@H](n2nncc2Cc2ccccc2)CN1C(=O)C(c1ccccc1)c1ccccc1.[Li+].[OH-]. The van der Waals surface area contributed by atoms with Crippen LogP contribution in [0.25, 0.3) is 0 Å². The van der Waals surface area contributed by atoms with Crippen LogP contribution in [-0.4, -0.2) is 112 Å². The topological polar surface area (TPSA) is 227 Å². The maximum Gasteiger partial charge on any atom is 1.00 e. The molecule has 4 heterocycles. The van der Waals surface area contributed by atoms with Crippen molar-refractivity contribution in [2.75, 3.05) is 20.2 Å². The van der Waals surface area contributed by atoms with Gasteiger partial charge >= 0.3 is 30.8 Å². The molecule has 16 nitrogen and oxygen atoms in total. The van der Waals surface area contributed by atoms with Crippen LogP contribution in [0.1, 0.15) is 89.0 Å². The molecule has 382 valence electrons. The molecule has 6 aromatic carbocycles. The van der Waals surface area contributed by atoms with Gasteiger partial charge in [0, 0.05) is 38.8 Å². The minimum absolute atomic E-state index is 0. The number of carboxylic acids is 1. The quantitative estimate of drug-likeness (QED) is 0.117. The molecule has 4 atom stereocenters. The van der Waals surface area contributed by atoms with Crippen molar-refractivity contribution in [2.24, 2.45) is 0 Å². The molecular formula is C58H61LiN8O8. The predicted octanol–water partition coefficient (Wildman–Crippen LogP) is 4.58. The average molecular weight is 1010 g/mol. The normalized spacial score (nSPS) is 16.5. The zero-order chi connectivity index (χ0) is 49.1. The molecule has 0 unspecified atom stereocenters. The van der Waals surface area contributed by atoms with Crippen LogP contribution in [0.2, 0.25) is 0 Å². The Bertz CT molecular complexity index is 2950. The van der Waals surface area contributed by atoms with Crippen molar-refractivity contribution in [3.05, 3.63) is 239 Å². The number of amides is 2. The molecule has 0 aliphatic carbocycles. The first kappa shape index (κ1) is 57.9. The molecule has 2 fully saturated rings. The van der Waals surface area contributed by atoms with Crippen LogP contribution in [0.15, 0.2) is 194 Å². The summed E-state index contributed by atoms with van der Waals surface area (Å²) < 4.78 is 8.76. The molecule has 4 N–H and O–H groups in total. The molecule has 2 aliphatic rings. The number of likely N-dealkylation sites (tertiary alicyclic amines) is 2. The van der Waals surface area contributed by atoms with Crippen molar-refractivity contribution in [3.8, 4) is 0 Å². The van der Waals surface area contributed by atoms with Crippen LogP contribution >= 0.6 is 0 Å².